The van der Waals surface area contributed by atoms with E-state index >= 15 is 0 Å². The van der Waals surface area contributed by atoms with E-state index in [1.54, 1.807) is 31.2 Å². The summed E-state index contributed by atoms with van der Waals surface area (Å²) in [6.45, 7) is -1.25. The summed E-state index contributed by atoms with van der Waals surface area (Å²) >= 11 is 3.27. The lowest BCUT2D eigenvalue weighted by molar-refractivity contribution is -0.119. The monoisotopic (exact) mass is 461 g/mol. The van der Waals surface area contributed by atoms with Crippen LogP contribution in [-0.2, 0) is 20.4 Å². The third kappa shape index (κ3) is 7.26. The summed E-state index contributed by atoms with van der Waals surface area (Å²) in [6, 6.07) is 12.1. The van der Waals surface area contributed by atoms with Gasteiger partial charge in [0.1, 0.15) is 11.5 Å². The predicted molar refractivity (Wildman–Crippen MR) is 101 cm³/mol. The van der Waals surface area contributed by atoms with Gasteiger partial charge in [0.2, 0.25) is 5.91 Å². The van der Waals surface area contributed by atoms with Crippen LogP contribution in [0, 0.1) is 0 Å². The van der Waals surface area contributed by atoms with E-state index in [0.29, 0.717) is 11.1 Å². The van der Waals surface area contributed by atoms with Gasteiger partial charge in [0.05, 0.1) is 11.8 Å². The van der Waals surface area contributed by atoms with Crippen molar-refractivity contribution in [3.8, 4) is 5.75 Å². The first kappa shape index (κ1) is 21.3. The Labute approximate surface area is 164 Å². The average molecular weight is 462 g/mol. The Morgan fingerprint density at radius 1 is 1.19 bits per heavy atom. The average Bonchev–Trinajstić information content (AvgIpc) is 2.53. The van der Waals surface area contributed by atoms with Crippen molar-refractivity contribution in [2.24, 2.45) is 0 Å². The van der Waals surface area contributed by atoms with Crippen LogP contribution < -0.4 is 10.1 Å². The second-order valence-electron chi connectivity index (χ2n) is 5.90. The number of halogens is 3. The van der Waals surface area contributed by atoms with Crippen molar-refractivity contribution >= 4 is 31.7 Å². The lowest BCUT2D eigenvalue weighted by Crippen LogP contribution is -2.32. The molecule has 9 heteroatoms. The van der Waals surface area contributed by atoms with Crippen molar-refractivity contribution in [2.75, 3.05) is 5.75 Å². The summed E-state index contributed by atoms with van der Waals surface area (Å²) in [6.07, 6.45) is 0. The lowest BCUT2D eigenvalue weighted by atomic mass is 10.1. The van der Waals surface area contributed by atoms with Gasteiger partial charge in [-0.1, -0.05) is 40.2 Å². The van der Waals surface area contributed by atoms with Crippen LogP contribution >= 0.6 is 15.9 Å². The number of amides is 1. The van der Waals surface area contributed by atoms with E-state index in [0.717, 1.165) is 4.47 Å². The molecule has 5 nitrogen and oxygen atoms in total. The van der Waals surface area contributed by atoms with Crippen LogP contribution in [0.4, 0.5) is 8.78 Å². The quantitative estimate of drug-likeness (QED) is 0.647. The first-order valence-electron chi connectivity index (χ1n) is 7.93. The number of ether oxygens (including phenoxy) is 1. The van der Waals surface area contributed by atoms with Gasteiger partial charge in [0.15, 0.2) is 9.84 Å². The third-order valence-corrected chi connectivity index (χ3v) is 5.58. The normalized spacial score (nSPS) is 12.6. The Morgan fingerprint density at radius 2 is 1.85 bits per heavy atom. The number of hydrogen-bond donors (Lipinski definition) is 1. The maximum absolute atomic E-state index is 12.2. The van der Waals surface area contributed by atoms with Crippen LogP contribution in [0.25, 0.3) is 0 Å². The molecule has 0 saturated carbocycles. The Morgan fingerprint density at radius 3 is 2.44 bits per heavy atom. The maximum atomic E-state index is 12.2. The van der Waals surface area contributed by atoms with Gasteiger partial charge in [-0.25, -0.2) is 8.42 Å². The topological polar surface area (TPSA) is 72.5 Å². The van der Waals surface area contributed by atoms with E-state index in [2.05, 4.69) is 26.0 Å². The smallest absolute Gasteiger partial charge is 0.387 e. The van der Waals surface area contributed by atoms with Crippen molar-refractivity contribution < 1.29 is 26.7 Å². The molecule has 0 aliphatic carbocycles. The van der Waals surface area contributed by atoms with E-state index in [4.69, 9.17) is 0 Å². The Bertz CT molecular complexity index is 888. The summed E-state index contributed by atoms with van der Waals surface area (Å²) in [7, 11) is -3.63. The summed E-state index contributed by atoms with van der Waals surface area (Å²) in [5.41, 5.74) is 1.22. The molecule has 0 bridgehead atoms. The Hall–Kier alpha value is -2.00. The molecule has 1 N–H and O–H groups in total. The summed E-state index contributed by atoms with van der Waals surface area (Å²) in [5.74, 6) is -1.51. The van der Waals surface area contributed by atoms with Gasteiger partial charge in [0.25, 0.3) is 0 Å². The zero-order valence-corrected chi connectivity index (χ0v) is 16.8. The molecule has 0 aromatic heterocycles. The van der Waals surface area contributed by atoms with Gasteiger partial charge in [-0.3, -0.25) is 4.79 Å². The molecule has 2 rings (SSSR count). The number of hydrogen-bond acceptors (Lipinski definition) is 4. The highest BCUT2D eigenvalue weighted by Gasteiger charge is 2.19. The lowest BCUT2D eigenvalue weighted by Gasteiger charge is -2.15. The predicted octanol–water partition coefficient (Wildman–Crippen LogP) is 3.84. The molecule has 2 aromatic rings. The van der Waals surface area contributed by atoms with Crippen molar-refractivity contribution in [2.45, 2.75) is 25.3 Å². The highest BCUT2D eigenvalue weighted by molar-refractivity contribution is 9.10. The molecule has 0 aliphatic heterocycles. The van der Waals surface area contributed by atoms with Crippen molar-refractivity contribution in [1.29, 1.82) is 0 Å². The van der Waals surface area contributed by atoms with Crippen LogP contribution in [0.15, 0.2) is 53.0 Å². The highest BCUT2D eigenvalue weighted by atomic mass is 79.9. The van der Waals surface area contributed by atoms with Crippen LogP contribution in [0.5, 0.6) is 5.75 Å². The van der Waals surface area contributed by atoms with E-state index in [1.807, 2.05) is 0 Å². The number of benzene rings is 2. The first-order chi connectivity index (χ1) is 12.6. The molecule has 0 aliphatic rings. The van der Waals surface area contributed by atoms with Crippen molar-refractivity contribution in [3.05, 3.63) is 64.1 Å². The number of alkyl halides is 2. The zero-order chi connectivity index (χ0) is 20.0. The molecule has 0 spiro atoms. The van der Waals surface area contributed by atoms with Crippen LogP contribution in [0.2, 0.25) is 0 Å². The number of carbonyl (C=O) groups is 1. The summed E-state index contributed by atoms with van der Waals surface area (Å²) < 4.78 is 53.8. The molecular formula is C18H18BrF2NO4S. The molecule has 146 valence electrons. The third-order valence-electron chi connectivity index (χ3n) is 3.61. The molecule has 0 radical (unpaired) electrons. The minimum Gasteiger partial charge on any atom is -0.435 e. The van der Waals surface area contributed by atoms with E-state index < -0.39 is 34.2 Å². The fourth-order valence-electron chi connectivity index (χ4n) is 2.44. The minimum atomic E-state index is -3.63. The summed E-state index contributed by atoms with van der Waals surface area (Å²) in [5, 5.41) is 2.59. The summed E-state index contributed by atoms with van der Waals surface area (Å²) in [4.78, 5) is 12.1. The van der Waals surface area contributed by atoms with Gasteiger partial charge >= 0.3 is 6.61 Å². The van der Waals surface area contributed by atoms with E-state index in [9.17, 15) is 22.0 Å². The second kappa shape index (κ2) is 9.27. The number of nitrogens with one attached hydrogen (secondary N) is 1. The van der Waals surface area contributed by atoms with Crippen molar-refractivity contribution in [3.63, 3.8) is 0 Å². The molecule has 0 fully saturated rings. The number of carbonyl (C=O) groups excluding carboxylic acids is 1. The van der Waals surface area contributed by atoms with Crippen molar-refractivity contribution in [1.82, 2.24) is 5.32 Å². The van der Waals surface area contributed by atoms with Crippen LogP contribution in [-0.4, -0.2) is 26.7 Å². The number of sulfone groups is 1. The minimum absolute atomic E-state index is 0.00359. The Kier molecular flexibility index (Phi) is 7.32. The van der Waals surface area contributed by atoms with Gasteiger partial charge < -0.3 is 10.1 Å². The largest absolute Gasteiger partial charge is 0.435 e. The molecule has 2 aromatic carbocycles. The van der Waals surface area contributed by atoms with Gasteiger partial charge in [-0.15, -0.1) is 0 Å². The molecule has 1 amide bonds. The molecule has 0 saturated heterocycles. The number of rotatable bonds is 8. The molecule has 1 atom stereocenters. The maximum Gasteiger partial charge on any atom is 0.387 e. The molecule has 0 heterocycles. The Balaban J connectivity index is 1.93. The van der Waals surface area contributed by atoms with Gasteiger partial charge in [-0.05, 0) is 42.3 Å². The molecular weight excluding hydrogens is 444 g/mol. The first-order valence-corrected chi connectivity index (χ1v) is 10.5. The fourth-order valence-corrected chi connectivity index (χ4v) is 4.15. The zero-order valence-electron chi connectivity index (χ0n) is 14.4. The van der Waals surface area contributed by atoms with Gasteiger partial charge in [0, 0.05) is 4.47 Å². The van der Waals surface area contributed by atoms with E-state index in [1.165, 1.54) is 24.3 Å². The molecule has 1 unspecified atom stereocenters. The fraction of sp³-hybridized carbons (Fsp3) is 0.278. The van der Waals surface area contributed by atoms with E-state index in [-0.39, 0.29) is 11.5 Å². The standard InChI is InChI=1S/C18H18BrF2NO4S/c1-12(14-5-7-16(8-6-14)26-18(20)21)22-17(23)11-27(24,25)10-13-3-2-4-15(19)9-13/h2-9,12,18H,10-11H2,1H3,(H,22,23). The second-order valence-corrected chi connectivity index (χ2v) is 8.88. The van der Waals surface area contributed by atoms with Crippen LogP contribution in [0.3, 0.4) is 0 Å². The highest BCUT2D eigenvalue weighted by Crippen LogP contribution is 2.19. The van der Waals surface area contributed by atoms with Crippen LogP contribution in [0.1, 0.15) is 24.1 Å². The van der Waals surface area contributed by atoms with Gasteiger partial charge in [-0.2, -0.15) is 8.78 Å². The molecule has 27 heavy (non-hydrogen) atoms. The SMILES string of the molecule is CC(NC(=O)CS(=O)(=O)Cc1cccc(Br)c1)c1ccc(OC(F)F)cc1.